The van der Waals surface area contributed by atoms with Gasteiger partial charge in [-0.05, 0) is 24.5 Å². The zero-order valence-corrected chi connectivity index (χ0v) is 8.31. The SMILES string of the molecule is COc1cncc([C@H](N)CCCO)c1. The molecule has 0 fully saturated rings. The van der Waals surface area contributed by atoms with Crippen molar-refractivity contribution in [3.8, 4) is 5.75 Å². The van der Waals surface area contributed by atoms with Gasteiger partial charge in [0.1, 0.15) is 5.75 Å². The van der Waals surface area contributed by atoms with E-state index in [2.05, 4.69) is 4.98 Å². The number of hydrogen-bond acceptors (Lipinski definition) is 4. The standard InChI is InChI=1S/C10H16N2O2/c1-14-9-5-8(6-12-7-9)10(11)3-2-4-13/h5-7,10,13H,2-4,11H2,1H3/t10-/m1/s1. The second kappa shape index (κ2) is 5.57. The monoisotopic (exact) mass is 196 g/mol. The van der Waals surface area contributed by atoms with Crippen molar-refractivity contribution in [1.29, 1.82) is 0 Å². The number of nitrogens with two attached hydrogens (primary N) is 1. The number of hydrogen-bond donors (Lipinski definition) is 2. The van der Waals surface area contributed by atoms with Crippen LogP contribution in [0.2, 0.25) is 0 Å². The molecule has 0 saturated carbocycles. The van der Waals surface area contributed by atoms with Gasteiger partial charge >= 0.3 is 0 Å². The number of aliphatic hydroxyl groups is 1. The minimum atomic E-state index is -0.0789. The first-order valence-corrected chi connectivity index (χ1v) is 4.63. The average molecular weight is 196 g/mol. The number of ether oxygens (including phenoxy) is 1. The lowest BCUT2D eigenvalue weighted by Crippen LogP contribution is -2.11. The summed E-state index contributed by atoms with van der Waals surface area (Å²) in [4.78, 5) is 4.02. The van der Waals surface area contributed by atoms with Gasteiger partial charge in [0.05, 0.1) is 13.3 Å². The van der Waals surface area contributed by atoms with Gasteiger partial charge in [-0.3, -0.25) is 4.98 Å². The number of aromatic nitrogens is 1. The van der Waals surface area contributed by atoms with Crippen molar-refractivity contribution < 1.29 is 9.84 Å². The molecule has 4 heteroatoms. The maximum Gasteiger partial charge on any atom is 0.137 e. The molecule has 14 heavy (non-hydrogen) atoms. The van der Waals surface area contributed by atoms with Gasteiger partial charge in [-0.15, -0.1) is 0 Å². The third kappa shape index (κ3) is 2.97. The molecule has 0 aromatic carbocycles. The van der Waals surface area contributed by atoms with E-state index in [1.165, 1.54) is 0 Å². The molecule has 3 N–H and O–H groups in total. The highest BCUT2D eigenvalue weighted by atomic mass is 16.5. The number of aliphatic hydroxyl groups excluding tert-OH is 1. The van der Waals surface area contributed by atoms with Crippen molar-refractivity contribution >= 4 is 0 Å². The van der Waals surface area contributed by atoms with Gasteiger partial charge in [0.25, 0.3) is 0 Å². The van der Waals surface area contributed by atoms with Gasteiger partial charge in [0, 0.05) is 18.8 Å². The molecule has 78 valence electrons. The van der Waals surface area contributed by atoms with Crippen LogP contribution >= 0.6 is 0 Å². The Morgan fingerprint density at radius 2 is 2.36 bits per heavy atom. The smallest absolute Gasteiger partial charge is 0.137 e. The first-order chi connectivity index (χ1) is 6.77. The lowest BCUT2D eigenvalue weighted by Gasteiger charge is -2.11. The van der Waals surface area contributed by atoms with E-state index >= 15 is 0 Å². The van der Waals surface area contributed by atoms with Crippen LogP contribution in [0.5, 0.6) is 5.75 Å². The second-order valence-electron chi connectivity index (χ2n) is 3.13. The number of methoxy groups -OCH3 is 1. The van der Waals surface area contributed by atoms with E-state index in [4.69, 9.17) is 15.6 Å². The fourth-order valence-electron chi connectivity index (χ4n) is 1.23. The summed E-state index contributed by atoms with van der Waals surface area (Å²) in [6, 6.07) is 1.79. The highest BCUT2D eigenvalue weighted by Gasteiger charge is 2.06. The fraction of sp³-hybridized carbons (Fsp3) is 0.500. The molecule has 0 aliphatic rings. The Morgan fingerprint density at radius 3 is 3.00 bits per heavy atom. The largest absolute Gasteiger partial charge is 0.495 e. The summed E-state index contributed by atoms with van der Waals surface area (Å²) in [5.74, 6) is 0.710. The Labute approximate surface area is 83.7 Å². The Kier molecular flexibility index (Phi) is 4.35. The predicted molar refractivity (Wildman–Crippen MR) is 54.0 cm³/mol. The summed E-state index contributed by atoms with van der Waals surface area (Å²) in [5.41, 5.74) is 6.84. The molecule has 0 amide bonds. The molecule has 0 bridgehead atoms. The Hall–Kier alpha value is -1.13. The molecule has 0 saturated heterocycles. The summed E-state index contributed by atoms with van der Waals surface area (Å²) in [6.45, 7) is 0.172. The van der Waals surface area contributed by atoms with Gasteiger partial charge in [0.2, 0.25) is 0 Å². The van der Waals surface area contributed by atoms with Gasteiger partial charge in [-0.1, -0.05) is 0 Å². The average Bonchev–Trinajstić information content (AvgIpc) is 2.26. The minimum Gasteiger partial charge on any atom is -0.495 e. The van der Waals surface area contributed by atoms with Crippen LogP contribution in [-0.2, 0) is 0 Å². The normalized spacial score (nSPS) is 12.5. The number of pyridine rings is 1. The molecule has 0 aliphatic heterocycles. The first kappa shape index (κ1) is 10.9. The van der Waals surface area contributed by atoms with Crippen LogP contribution < -0.4 is 10.5 Å². The Bertz CT molecular complexity index is 279. The van der Waals surface area contributed by atoms with E-state index in [0.29, 0.717) is 12.2 Å². The minimum absolute atomic E-state index is 0.0789. The van der Waals surface area contributed by atoms with E-state index < -0.39 is 0 Å². The quantitative estimate of drug-likeness (QED) is 0.733. The van der Waals surface area contributed by atoms with Crippen molar-refractivity contribution in [2.24, 2.45) is 5.73 Å². The van der Waals surface area contributed by atoms with Crippen LogP contribution in [-0.4, -0.2) is 23.8 Å². The van der Waals surface area contributed by atoms with Crippen LogP contribution in [0.25, 0.3) is 0 Å². The Morgan fingerprint density at radius 1 is 1.57 bits per heavy atom. The van der Waals surface area contributed by atoms with Crippen molar-refractivity contribution in [3.63, 3.8) is 0 Å². The van der Waals surface area contributed by atoms with Crippen LogP contribution in [0.1, 0.15) is 24.4 Å². The maximum atomic E-state index is 8.67. The molecule has 0 radical (unpaired) electrons. The van der Waals surface area contributed by atoms with Crippen LogP contribution in [0.4, 0.5) is 0 Å². The molecule has 0 aliphatic carbocycles. The van der Waals surface area contributed by atoms with E-state index in [9.17, 15) is 0 Å². The summed E-state index contributed by atoms with van der Waals surface area (Å²) >= 11 is 0. The third-order valence-electron chi connectivity index (χ3n) is 2.07. The highest BCUT2D eigenvalue weighted by Crippen LogP contribution is 2.18. The zero-order chi connectivity index (χ0) is 10.4. The van der Waals surface area contributed by atoms with Crippen LogP contribution in [0.15, 0.2) is 18.5 Å². The van der Waals surface area contributed by atoms with Gasteiger partial charge < -0.3 is 15.6 Å². The summed E-state index contributed by atoms with van der Waals surface area (Å²) < 4.78 is 5.04. The molecular weight excluding hydrogens is 180 g/mol. The lowest BCUT2D eigenvalue weighted by molar-refractivity contribution is 0.280. The van der Waals surface area contributed by atoms with Crippen molar-refractivity contribution in [1.82, 2.24) is 4.98 Å². The molecule has 1 aromatic heterocycles. The zero-order valence-electron chi connectivity index (χ0n) is 8.31. The highest BCUT2D eigenvalue weighted by molar-refractivity contribution is 5.25. The topological polar surface area (TPSA) is 68.4 Å². The molecule has 1 aromatic rings. The molecule has 1 atom stereocenters. The maximum absolute atomic E-state index is 8.67. The number of rotatable bonds is 5. The summed E-state index contributed by atoms with van der Waals surface area (Å²) in [5, 5.41) is 8.67. The van der Waals surface area contributed by atoms with E-state index in [0.717, 1.165) is 12.0 Å². The van der Waals surface area contributed by atoms with E-state index in [1.54, 1.807) is 19.5 Å². The molecule has 1 rings (SSSR count). The van der Waals surface area contributed by atoms with Crippen molar-refractivity contribution in [3.05, 3.63) is 24.0 Å². The fourth-order valence-corrected chi connectivity index (χ4v) is 1.23. The van der Waals surface area contributed by atoms with E-state index in [1.807, 2.05) is 6.07 Å². The molecular formula is C10H16N2O2. The Balaban J connectivity index is 2.64. The van der Waals surface area contributed by atoms with Crippen LogP contribution in [0, 0.1) is 0 Å². The first-order valence-electron chi connectivity index (χ1n) is 4.63. The van der Waals surface area contributed by atoms with Crippen molar-refractivity contribution in [2.45, 2.75) is 18.9 Å². The van der Waals surface area contributed by atoms with Gasteiger partial charge in [-0.25, -0.2) is 0 Å². The van der Waals surface area contributed by atoms with Crippen LogP contribution in [0.3, 0.4) is 0 Å². The number of nitrogens with zero attached hydrogens (tertiary/aromatic N) is 1. The summed E-state index contributed by atoms with van der Waals surface area (Å²) in [6.07, 6.45) is 4.83. The molecule has 0 spiro atoms. The lowest BCUT2D eigenvalue weighted by atomic mass is 10.1. The third-order valence-corrected chi connectivity index (χ3v) is 2.07. The van der Waals surface area contributed by atoms with Crippen molar-refractivity contribution in [2.75, 3.05) is 13.7 Å². The second-order valence-corrected chi connectivity index (χ2v) is 3.13. The molecule has 1 heterocycles. The van der Waals surface area contributed by atoms with E-state index in [-0.39, 0.29) is 12.6 Å². The summed E-state index contributed by atoms with van der Waals surface area (Å²) in [7, 11) is 1.60. The van der Waals surface area contributed by atoms with Gasteiger partial charge in [0.15, 0.2) is 0 Å². The van der Waals surface area contributed by atoms with Gasteiger partial charge in [-0.2, -0.15) is 0 Å². The molecule has 4 nitrogen and oxygen atoms in total. The predicted octanol–water partition coefficient (Wildman–Crippen LogP) is 0.863. The molecule has 0 unspecified atom stereocenters.